The van der Waals surface area contributed by atoms with Crippen molar-refractivity contribution in [2.75, 3.05) is 7.05 Å². The van der Waals surface area contributed by atoms with E-state index in [1.807, 2.05) is 42.5 Å². The van der Waals surface area contributed by atoms with Crippen LogP contribution in [0.5, 0.6) is 0 Å². The molecule has 0 N–H and O–H groups in total. The molecule has 5 rings (SSSR count). The summed E-state index contributed by atoms with van der Waals surface area (Å²) in [6, 6.07) is 24.2. The van der Waals surface area contributed by atoms with Crippen LogP contribution in [0.3, 0.4) is 0 Å². The highest BCUT2D eigenvalue weighted by Gasteiger charge is 2.30. The van der Waals surface area contributed by atoms with Crippen LogP contribution in [-0.2, 0) is 4.79 Å². The van der Waals surface area contributed by atoms with Gasteiger partial charge in [-0.05, 0) is 85.1 Å². The van der Waals surface area contributed by atoms with E-state index in [9.17, 15) is 4.79 Å². The average molecular weight is 508 g/mol. The molecule has 0 saturated carbocycles. The molecular weight excluding hydrogens is 492 g/mol. The Morgan fingerprint density at radius 1 is 0.968 bits per heavy atom. The van der Waals surface area contributed by atoms with Crippen molar-refractivity contribution in [3.8, 4) is 0 Å². The fraction of sp³-hybridized carbons (Fsp3) is 0.0400. The van der Waals surface area contributed by atoms with Gasteiger partial charge in [0.25, 0.3) is 5.91 Å². The summed E-state index contributed by atoms with van der Waals surface area (Å²) in [6.07, 6.45) is 1.99. The number of carbonyl (C=O) groups is 1. The van der Waals surface area contributed by atoms with Gasteiger partial charge in [0, 0.05) is 11.5 Å². The smallest absolute Gasteiger partial charge is 0.266 e. The molecule has 3 nitrogen and oxygen atoms in total. The lowest BCUT2D eigenvalue weighted by Crippen LogP contribution is -2.23. The number of amides is 1. The van der Waals surface area contributed by atoms with Crippen LogP contribution in [0.4, 0.5) is 5.69 Å². The van der Waals surface area contributed by atoms with Crippen molar-refractivity contribution in [2.45, 2.75) is 0 Å². The molecule has 1 heterocycles. The van der Waals surface area contributed by atoms with Crippen molar-refractivity contribution in [1.29, 1.82) is 0 Å². The summed E-state index contributed by atoms with van der Waals surface area (Å²) in [7, 11) is 1.75. The zero-order valence-corrected chi connectivity index (χ0v) is 19.6. The lowest BCUT2D eigenvalue weighted by molar-refractivity contribution is -0.121. The Kier molecular flexibility index (Phi) is 5.34. The summed E-state index contributed by atoms with van der Waals surface area (Å²) in [6.45, 7) is 0. The van der Waals surface area contributed by atoms with Gasteiger partial charge in [0.05, 0.1) is 15.6 Å². The van der Waals surface area contributed by atoms with Crippen molar-refractivity contribution >= 4 is 83.7 Å². The second kappa shape index (κ2) is 8.15. The van der Waals surface area contributed by atoms with E-state index in [0.717, 1.165) is 31.6 Å². The SMILES string of the molecule is CN1C(=O)/C(=C/c2c3ccccc3cc3ccccc23)SC1=Nc1ccc(Br)c(Cl)c1. The van der Waals surface area contributed by atoms with Crippen molar-refractivity contribution in [1.82, 2.24) is 4.90 Å². The van der Waals surface area contributed by atoms with Gasteiger partial charge in [-0.15, -0.1) is 0 Å². The Morgan fingerprint density at radius 3 is 2.26 bits per heavy atom. The first-order valence-electron chi connectivity index (χ1n) is 9.63. The van der Waals surface area contributed by atoms with Gasteiger partial charge in [0.2, 0.25) is 0 Å². The highest BCUT2D eigenvalue weighted by molar-refractivity contribution is 9.10. The molecule has 6 heteroatoms. The molecule has 0 aliphatic carbocycles. The van der Waals surface area contributed by atoms with Gasteiger partial charge in [0.15, 0.2) is 5.17 Å². The highest BCUT2D eigenvalue weighted by atomic mass is 79.9. The summed E-state index contributed by atoms with van der Waals surface area (Å²) in [5.74, 6) is -0.0658. The Labute approximate surface area is 197 Å². The molecule has 0 aromatic heterocycles. The van der Waals surface area contributed by atoms with E-state index in [2.05, 4.69) is 51.3 Å². The molecule has 1 aliphatic heterocycles. The summed E-state index contributed by atoms with van der Waals surface area (Å²) in [4.78, 5) is 19.9. The van der Waals surface area contributed by atoms with Crippen LogP contribution in [-0.4, -0.2) is 23.0 Å². The van der Waals surface area contributed by atoms with Crippen molar-refractivity contribution in [3.63, 3.8) is 0 Å². The first-order valence-corrected chi connectivity index (χ1v) is 11.6. The zero-order chi connectivity index (χ0) is 21.5. The maximum absolute atomic E-state index is 13.0. The minimum atomic E-state index is -0.0658. The Hall–Kier alpha value is -2.60. The molecule has 152 valence electrons. The number of nitrogens with zero attached hydrogens (tertiary/aromatic N) is 2. The standard InChI is InChI=1S/C25H16BrClN2OS/c1-29-24(30)23(31-25(29)28-17-10-11-21(26)22(27)13-17)14-20-18-8-4-2-6-15(18)12-16-7-3-5-9-19(16)20/h2-14H,1H3/b23-14-,28-25?. The fourth-order valence-electron chi connectivity index (χ4n) is 3.65. The van der Waals surface area contributed by atoms with Gasteiger partial charge in [-0.1, -0.05) is 60.1 Å². The molecule has 0 atom stereocenters. The van der Waals surface area contributed by atoms with E-state index in [0.29, 0.717) is 20.8 Å². The number of carbonyl (C=O) groups excluding carboxylic acids is 1. The predicted octanol–water partition coefficient (Wildman–Crippen LogP) is 7.64. The Balaban J connectivity index is 1.63. The van der Waals surface area contributed by atoms with Crippen LogP contribution < -0.4 is 0 Å². The number of amidine groups is 1. The number of hydrogen-bond acceptors (Lipinski definition) is 3. The lowest BCUT2D eigenvalue weighted by atomic mass is 9.96. The minimum Gasteiger partial charge on any atom is -0.290 e. The number of aliphatic imine (C=N–C) groups is 1. The highest BCUT2D eigenvalue weighted by Crippen LogP contribution is 2.37. The molecule has 4 aromatic carbocycles. The fourth-order valence-corrected chi connectivity index (χ4v) is 5.04. The number of likely N-dealkylation sites (N-methyl/N-ethyl adjacent to an activating group) is 1. The van der Waals surface area contributed by atoms with E-state index in [1.165, 1.54) is 11.8 Å². The molecule has 0 spiro atoms. The number of fused-ring (bicyclic) bond motifs is 2. The summed E-state index contributed by atoms with van der Waals surface area (Å²) in [5, 5.41) is 5.74. The summed E-state index contributed by atoms with van der Waals surface area (Å²) >= 11 is 11.0. The van der Waals surface area contributed by atoms with Crippen LogP contribution in [0.25, 0.3) is 27.6 Å². The topological polar surface area (TPSA) is 32.7 Å². The molecule has 1 amide bonds. The van der Waals surface area contributed by atoms with E-state index >= 15 is 0 Å². The largest absolute Gasteiger partial charge is 0.290 e. The quantitative estimate of drug-likeness (QED) is 0.206. The Morgan fingerprint density at radius 2 is 1.61 bits per heavy atom. The number of halogens is 2. The van der Waals surface area contributed by atoms with Crippen molar-refractivity contribution in [2.24, 2.45) is 4.99 Å². The van der Waals surface area contributed by atoms with E-state index in [-0.39, 0.29) is 5.91 Å². The second-order valence-corrected chi connectivity index (χ2v) is 9.47. The van der Waals surface area contributed by atoms with Gasteiger partial charge in [-0.2, -0.15) is 0 Å². The van der Waals surface area contributed by atoms with Gasteiger partial charge >= 0.3 is 0 Å². The van der Waals surface area contributed by atoms with E-state index < -0.39 is 0 Å². The first kappa shape index (κ1) is 20.3. The zero-order valence-electron chi connectivity index (χ0n) is 16.5. The summed E-state index contributed by atoms with van der Waals surface area (Å²) < 4.78 is 0.810. The molecule has 1 aliphatic rings. The molecule has 1 fully saturated rings. The monoisotopic (exact) mass is 506 g/mol. The number of rotatable bonds is 2. The third-order valence-corrected chi connectivity index (χ3v) is 7.51. The molecular formula is C25H16BrClN2OS. The molecule has 0 bridgehead atoms. The number of thioether (sulfide) groups is 1. The van der Waals surface area contributed by atoms with Gasteiger partial charge in [-0.25, -0.2) is 4.99 Å². The normalized spacial score (nSPS) is 16.9. The van der Waals surface area contributed by atoms with Crippen LogP contribution >= 0.6 is 39.3 Å². The molecule has 4 aromatic rings. The van der Waals surface area contributed by atoms with Gasteiger partial charge in [-0.3, -0.25) is 9.69 Å². The van der Waals surface area contributed by atoms with Crippen LogP contribution in [0.15, 0.2) is 87.2 Å². The van der Waals surface area contributed by atoms with E-state index in [1.54, 1.807) is 18.0 Å². The van der Waals surface area contributed by atoms with Crippen LogP contribution in [0.2, 0.25) is 5.02 Å². The first-order chi connectivity index (χ1) is 15.0. The van der Waals surface area contributed by atoms with Gasteiger partial charge in [0.1, 0.15) is 0 Å². The molecule has 1 saturated heterocycles. The van der Waals surface area contributed by atoms with Crippen LogP contribution in [0.1, 0.15) is 5.56 Å². The minimum absolute atomic E-state index is 0.0658. The third kappa shape index (κ3) is 3.78. The molecule has 0 radical (unpaired) electrons. The predicted molar refractivity (Wildman–Crippen MR) is 136 cm³/mol. The third-order valence-electron chi connectivity index (χ3n) is 5.22. The van der Waals surface area contributed by atoms with Crippen molar-refractivity contribution in [3.05, 3.63) is 92.8 Å². The maximum atomic E-state index is 13.0. The number of hydrogen-bond donors (Lipinski definition) is 0. The maximum Gasteiger partial charge on any atom is 0.266 e. The Bertz CT molecular complexity index is 1380. The van der Waals surface area contributed by atoms with E-state index in [4.69, 9.17) is 11.6 Å². The number of benzene rings is 4. The van der Waals surface area contributed by atoms with Gasteiger partial charge < -0.3 is 0 Å². The second-order valence-electron chi connectivity index (χ2n) is 7.20. The molecule has 31 heavy (non-hydrogen) atoms. The lowest BCUT2D eigenvalue weighted by Gasteiger charge is -2.09. The van der Waals surface area contributed by atoms with Crippen molar-refractivity contribution < 1.29 is 4.79 Å². The molecule has 0 unspecified atom stereocenters. The van der Waals surface area contributed by atoms with Crippen LogP contribution in [0, 0.1) is 0 Å². The average Bonchev–Trinajstić information content (AvgIpc) is 3.04. The summed E-state index contributed by atoms with van der Waals surface area (Å²) in [5.41, 5.74) is 1.75.